The standard InChI is InChI=1S/C18H13N4Se2/c1-2-14-8-15-5-6-17(21-15)11-24-22-18(10-23-24)9-16-4-3-13(20-16)7-12(1)19-14/h1-11,20,22H/b13-7-,14-8-,16-9-,17-11-. The third kappa shape index (κ3) is 2.85. The molecule has 0 aromatic carbocycles. The predicted molar refractivity (Wildman–Crippen MR) is 101 cm³/mol. The zero-order chi connectivity index (χ0) is 15.9. The fraction of sp³-hybridized carbons (Fsp3) is 0. The molecule has 0 aliphatic carbocycles. The molecular formula is C18H13N4Se2. The summed E-state index contributed by atoms with van der Waals surface area (Å²) in [6.07, 6.45) is 14.5. The van der Waals surface area contributed by atoms with Crippen molar-refractivity contribution in [3.05, 3.63) is 80.3 Å². The van der Waals surface area contributed by atoms with Gasteiger partial charge < -0.3 is 0 Å². The number of fused-ring (bicyclic) bond motifs is 6. The van der Waals surface area contributed by atoms with Gasteiger partial charge in [0.2, 0.25) is 0 Å². The van der Waals surface area contributed by atoms with Gasteiger partial charge in [-0.05, 0) is 0 Å². The minimum atomic E-state index is -0.953. The van der Waals surface area contributed by atoms with Crippen molar-refractivity contribution >= 4 is 49.0 Å². The summed E-state index contributed by atoms with van der Waals surface area (Å²) >= 11 is -0.433. The first kappa shape index (κ1) is 14.3. The van der Waals surface area contributed by atoms with Gasteiger partial charge in [-0.3, -0.25) is 0 Å². The van der Waals surface area contributed by atoms with Crippen molar-refractivity contribution in [3.8, 4) is 0 Å². The second-order valence-electron chi connectivity index (χ2n) is 5.58. The van der Waals surface area contributed by atoms with Crippen LogP contribution in [0, 0.1) is 0 Å². The predicted octanol–water partition coefficient (Wildman–Crippen LogP) is 0.555. The van der Waals surface area contributed by atoms with E-state index in [-0.39, 0.29) is 0 Å². The second kappa shape index (κ2) is 5.76. The third-order valence-electron chi connectivity index (χ3n) is 3.73. The van der Waals surface area contributed by atoms with Crippen molar-refractivity contribution in [2.75, 3.05) is 0 Å². The molecule has 0 saturated heterocycles. The first-order valence-electron chi connectivity index (χ1n) is 7.53. The van der Waals surface area contributed by atoms with Crippen LogP contribution in [0.5, 0.6) is 0 Å². The molecule has 5 heterocycles. The normalized spacial score (nSPS) is 28.4. The molecule has 117 valence electrons. The Morgan fingerprint density at radius 1 is 0.833 bits per heavy atom. The Kier molecular flexibility index (Phi) is 3.42. The van der Waals surface area contributed by atoms with Crippen LogP contribution in [-0.2, 0) is 0 Å². The number of H-pyrrole nitrogens is 1. The summed E-state index contributed by atoms with van der Waals surface area (Å²) in [5.74, 6) is 0. The van der Waals surface area contributed by atoms with Gasteiger partial charge in [0.1, 0.15) is 0 Å². The van der Waals surface area contributed by atoms with Gasteiger partial charge >= 0.3 is 149 Å². The zero-order valence-electron chi connectivity index (χ0n) is 12.6. The van der Waals surface area contributed by atoms with E-state index in [1.807, 2.05) is 18.2 Å². The first-order valence-corrected chi connectivity index (χ1v) is 14.7. The summed E-state index contributed by atoms with van der Waals surface area (Å²) in [7, 11) is 0. The molecule has 4 aliphatic heterocycles. The average molecular weight is 443 g/mol. The van der Waals surface area contributed by atoms with Gasteiger partial charge in [0.05, 0.1) is 0 Å². The third-order valence-corrected chi connectivity index (χ3v) is 12.0. The Hall–Kier alpha value is -2.10. The maximum atomic E-state index is 4.70. The van der Waals surface area contributed by atoms with E-state index < -0.39 is 12.3 Å². The summed E-state index contributed by atoms with van der Waals surface area (Å²) < 4.78 is 3.68. The Bertz CT molecular complexity index is 1060. The van der Waals surface area contributed by atoms with Crippen LogP contribution in [0.25, 0.3) is 12.2 Å². The average Bonchev–Trinajstić information content (AvgIpc) is 3.32. The van der Waals surface area contributed by atoms with Crippen molar-refractivity contribution in [2.45, 2.75) is 0 Å². The Labute approximate surface area is 148 Å². The van der Waals surface area contributed by atoms with Crippen molar-refractivity contribution in [3.63, 3.8) is 0 Å². The molecular weight excluding hydrogens is 430 g/mol. The molecule has 8 bridgehead atoms. The van der Waals surface area contributed by atoms with E-state index in [1.165, 1.54) is 5.70 Å². The van der Waals surface area contributed by atoms with Crippen LogP contribution >= 0.6 is 0 Å². The number of hydrogen-bond donors (Lipinski definition) is 2. The quantitative estimate of drug-likeness (QED) is 0.566. The molecule has 4 aliphatic rings. The minimum absolute atomic E-state index is 0.520. The Balaban J connectivity index is 1.65. The molecule has 0 atom stereocenters. The fourth-order valence-corrected chi connectivity index (χ4v) is 11.1. The van der Waals surface area contributed by atoms with Gasteiger partial charge in [0.15, 0.2) is 0 Å². The van der Waals surface area contributed by atoms with Gasteiger partial charge in [-0.25, -0.2) is 0 Å². The number of aromatic amines is 1. The molecule has 24 heavy (non-hydrogen) atoms. The van der Waals surface area contributed by atoms with Gasteiger partial charge in [-0.15, -0.1) is 0 Å². The molecule has 1 radical (unpaired) electrons. The summed E-state index contributed by atoms with van der Waals surface area (Å²) in [6, 6.07) is 4.20. The van der Waals surface area contributed by atoms with Crippen molar-refractivity contribution in [1.82, 2.24) is 9.32 Å². The van der Waals surface area contributed by atoms with Crippen LogP contribution in [0.1, 0.15) is 0 Å². The number of allylic oxidation sites excluding steroid dienone is 6. The Morgan fingerprint density at radius 3 is 2.50 bits per heavy atom. The number of nitrogens with zero attached hydrogens (tertiary/aromatic N) is 2. The van der Waals surface area contributed by atoms with E-state index in [0.717, 1.165) is 33.5 Å². The van der Waals surface area contributed by atoms with Gasteiger partial charge in [0.25, 0.3) is 0 Å². The monoisotopic (exact) mass is 445 g/mol. The van der Waals surface area contributed by atoms with Crippen molar-refractivity contribution < 1.29 is 0 Å². The number of hydrogen-bond acceptors (Lipinski definition) is 3. The molecule has 2 N–H and O–H groups in total. The van der Waals surface area contributed by atoms with Crippen LogP contribution in [-0.4, -0.2) is 41.8 Å². The summed E-state index contributed by atoms with van der Waals surface area (Å²) in [4.78, 5) is 17.5. The van der Waals surface area contributed by atoms with E-state index >= 15 is 0 Å². The van der Waals surface area contributed by atoms with Crippen LogP contribution in [0.2, 0.25) is 0 Å². The molecule has 0 fully saturated rings. The second-order valence-corrected chi connectivity index (χ2v) is 14.7. The number of rotatable bonds is 0. The van der Waals surface area contributed by atoms with Gasteiger partial charge in [-0.1, -0.05) is 0 Å². The maximum absolute atomic E-state index is 4.70. The van der Waals surface area contributed by atoms with Gasteiger partial charge in [-0.2, -0.15) is 0 Å². The molecule has 0 amide bonds. The molecule has 1 aromatic heterocycles. The fourth-order valence-electron chi connectivity index (χ4n) is 2.67. The topological polar surface area (TPSA) is 52.5 Å². The van der Waals surface area contributed by atoms with Crippen LogP contribution in [0.15, 0.2) is 79.5 Å². The van der Waals surface area contributed by atoms with Crippen molar-refractivity contribution in [2.24, 2.45) is 9.98 Å². The van der Waals surface area contributed by atoms with E-state index in [9.17, 15) is 0 Å². The SMILES string of the molecule is C1=C/C2=C/C3=NC(=C\[Se]4NC(=C[Se]4)/C=c4/cc/c([nH]4)=C/C1=N2)/C=C3. The molecule has 4 nitrogen and oxygen atoms in total. The summed E-state index contributed by atoms with van der Waals surface area (Å²) in [5.41, 5.74) is 5.16. The molecule has 6 heteroatoms. The van der Waals surface area contributed by atoms with Crippen LogP contribution in [0.3, 0.4) is 0 Å². The van der Waals surface area contributed by atoms with Crippen LogP contribution in [0.4, 0.5) is 0 Å². The number of aromatic nitrogens is 1. The summed E-state index contributed by atoms with van der Waals surface area (Å²) in [6.45, 7) is 0. The van der Waals surface area contributed by atoms with E-state index in [0.29, 0.717) is 13.1 Å². The molecule has 0 spiro atoms. The van der Waals surface area contributed by atoms with E-state index in [2.05, 4.69) is 60.7 Å². The molecule has 0 saturated carbocycles. The number of aliphatic imine (C=N–C) groups is 2. The Morgan fingerprint density at radius 2 is 1.58 bits per heavy atom. The first-order chi connectivity index (χ1) is 11.8. The number of nitrogens with one attached hydrogen (secondary N) is 2. The van der Waals surface area contributed by atoms with Gasteiger partial charge in [0, 0.05) is 0 Å². The van der Waals surface area contributed by atoms with E-state index in [4.69, 9.17) is 4.99 Å². The van der Waals surface area contributed by atoms with Crippen LogP contribution < -0.4 is 15.0 Å². The summed E-state index contributed by atoms with van der Waals surface area (Å²) in [5, 5.41) is 2.18. The van der Waals surface area contributed by atoms with Crippen molar-refractivity contribution in [1.29, 1.82) is 0 Å². The van der Waals surface area contributed by atoms with E-state index in [1.54, 1.807) is 0 Å². The molecule has 0 unspecified atom stereocenters. The molecule has 5 rings (SSSR count). The zero-order valence-corrected chi connectivity index (χ0v) is 16.0. The molecule has 1 aromatic rings.